The van der Waals surface area contributed by atoms with Crippen molar-refractivity contribution in [3.8, 4) is 0 Å². The highest BCUT2D eigenvalue weighted by Crippen LogP contribution is 2.11. The van der Waals surface area contributed by atoms with Crippen LogP contribution in [-0.4, -0.2) is 35.9 Å². The molecule has 1 N–H and O–H groups in total. The number of thiazole rings is 1. The molecular weight excluding hydrogens is 234 g/mol. The summed E-state index contributed by atoms with van der Waals surface area (Å²) in [7, 11) is 1.83. The van der Waals surface area contributed by atoms with E-state index in [1.165, 1.54) is 0 Å². The molecule has 1 aromatic heterocycles. The van der Waals surface area contributed by atoms with Crippen LogP contribution in [0.1, 0.15) is 24.5 Å². The van der Waals surface area contributed by atoms with Gasteiger partial charge in [0.05, 0.1) is 17.2 Å². The quantitative estimate of drug-likeness (QED) is 0.841. The number of aryl methyl sites for hydroxylation is 1. The van der Waals surface area contributed by atoms with Crippen molar-refractivity contribution in [2.45, 2.75) is 27.3 Å². The number of nitrogens with one attached hydrogen (secondary N) is 1. The maximum absolute atomic E-state index is 12.0. The fourth-order valence-electron chi connectivity index (χ4n) is 1.63. The summed E-state index contributed by atoms with van der Waals surface area (Å²) in [5.74, 6) is 0.177. The molecule has 0 saturated carbocycles. The van der Waals surface area contributed by atoms with Gasteiger partial charge < -0.3 is 10.2 Å². The van der Waals surface area contributed by atoms with E-state index >= 15 is 0 Å². The highest BCUT2D eigenvalue weighted by atomic mass is 32.1. The number of amides is 1. The molecule has 0 bridgehead atoms. The van der Waals surface area contributed by atoms with Gasteiger partial charge in [-0.05, 0) is 13.5 Å². The SMILES string of the molecule is CCNCC(C)C(=O)N(C)Cc1csc(C)n1. The molecule has 0 fully saturated rings. The first-order chi connectivity index (χ1) is 8.04. The maximum Gasteiger partial charge on any atom is 0.226 e. The third kappa shape index (κ3) is 4.44. The van der Waals surface area contributed by atoms with Crippen LogP contribution in [0.5, 0.6) is 0 Å². The van der Waals surface area contributed by atoms with E-state index in [-0.39, 0.29) is 11.8 Å². The number of hydrogen-bond acceptors (Lipinski definition) is 4. The molecule has 4 nitrogen and oxygen atoms in total. The number of hydrogen-bond donors (Lipinski definition) is 1. The van der Waals surface area contributed by atoms with E-state index in [4.69, 9.17) is 0 Å². The van der Waals surface area contributed by atoms with E-state index in [1.54, 1.807) is 16.2 Å². The summed E-state index contributed by atoms with van der Waals surface area (Å²) in [4.78, 5) is 18.1. The van der Waals surface area contributed by atoms with E-state index in [9.17, 15) is 4.79 Å². The molecule has 17 heavy (non-hydrogen) atoms. The second-order valence-corrected chi connectivity index (χ2v) is 5.32. The van der Waals surface area contributed by atoms with Crippen molar-refractivity contribution in [1.82, 2.24) is 15.2 Å². The van der Waals surface area contributed by atoms with Crippen molar-refractivity contribution in [2.24, 2.45) is 5.92 Å². The Balaban J connectivity index is 2.46. The lowest BCUT2D eigenvalue weighted by molar-refractivity contribution is -0.134. The highest BCUT2D eigenvalue weighted by Gasteiger charge is 2.17. The van der Waals surface area contributed by atoms with Crippen LogP contribution in [0.3, 0.4) is 0 Å². The van der Waals surface area contributed by atoms with Crippen molar-refractivity contribution in [3.05, 3.63) is 16.1 Å². The third-order valence-corrected chi connectivity index (χ3v) is 3.39. The lowest BCUT2D eigenvalue weighted by atomic mass is 10.1. The predicted octanol–water partition coefficient (Wildman–Crippen LogP) is 1.66. The van der Waals surface area contributed by atoms with E-state index in [2.05, 4.69) is 10.3 Å². The van der Waals surface area contributed by atoms with Gasteiger partial charge in [0.1, 0.15) is 0 Å². The lowest BCUT2D eigenvalue weighted by Gasteiger charge is -2.20. The zero-order valence-corrected chi connectivity index (χ0v) is 11.8. The van der Waals surface area contributed by atoms with Gasteiger partial charge in [-0.2, -0.15) is 0 Å². The highest BCUT2D eigenvalue weighted by molar-refractivity contribution is 7.09. The van der Waals surface area contributed by atoms with Crippen molar-refractivity contribution < 1.29 is 4.79 Å². The normalized spacial score (nSPS) is 12.5. The van der Waals surface area contributed by atoms with Crippen LogP contribution in [0.2, 0.25) is 0 Å². The summed E-state index contributed by atoms with van der Waals surface area (Å²) in [6.45, 7) is 8.19. The zero-order chi connectivity index (χ0) is 12.8. The molecule has 0 radical (unpaired) electrons. The fraction of sp³-hybridized carbons (Fsp3) is 0.667. The largest absolute Gasteiger partial charge is 0.340 e. The Bertz CT molecular complexity index is 364. The number of carbonyl (C=O) groups excluding carboxylic acids is 1. The molecule has 0 aliphatic rings. The van der Waals surface area contributed by atoms with Gasteiger partial charge in [-0.1, -0.05) is 13.8 Å². The Labute approximate surface area is 107 Å². The molecule has 1 heterocycles. The van der Waals surface area contributed by atoms with Gasteiger partial charge in [0.15, 0.2) is 0 Å². The Morgan fingerprint density at radius 3 is 2.88 bits per heavy atom. The molecule has 0 saturated heterocycles. The number of nitrogens with zero attached hydrogens (tertiary/aromatic N) is 2. The van der Waals surface area contributed by atoms with Crippen molar-refractivity contribution in [2.75, 3.05) is 20.1 Å². The summed E-state index contributed by atoms with van der Waals surface area (Å²) in [6.07, 6.45) is 0. The zero-order valence-electron chi connectivity index (χ0n) is 11.0. The standard InChI is InChI=1S/C12H21N3OS/c1-5-13-6-9(2)12(16)15(4)7-11-8-17-10(3)14-11/h8-9,13H,5-7H2,1-4H3. The first-order valence-electron chi connectivity index (χ1n) is 5.91. The number of rotatable bonds is 6. The van der Waals surface area contributed by atoms with Gasteiger partial charge in [-0.15, -0.1) is 11.3 Å². The van der Waals surface area contributed by atoms with E-state index in [0.29, 0.717) is 6.54 Å². The molecule has 5 heteroatoms. The third-order valence-electron chi connectivity index (χ3n) is 2.56. The molecule has 1 unspecified atom stereocenters. The molecule has 0 aromatic carbocycles. The van der Waals surface area contributed by atoms with Crippen LogP contribution in [0.4, 0.5) is 0 Å². The van der Waals surface area contributed by atoms with Crippen LogP contribution in [0.25, 0.3) is 0 Å². The monoisotopic (exact) mass is 255 g/mol. The Morgan fingerprint density at radius 1 is 1.65 bits per heavy atom. The number of carbonyl (C=O) groups is 1. The molecular formula is C12H21N3OS. The van der Waals surface area contributed by atoms with Crippen LogP contribution in [-0.2, 0) is 11.3 Å². The van der Waals surface area contributed by atoms with Gasteiger partial charge >= 0.3 is 0 Å². The summed E-state index contributed by atoms with van der Waals surface area (Å²) >= 11 is 1.62. The number of aromatic nitrogens is 1. The van der Waals surface area contributed by atoms with Crippen molar-refractivity contribution in [1.29, 1.82) is 0 Å². The van der Waals surface area contributed by atoms with Crippen LogP contribution >= 0.6 is 11.3 Å². The van der Waals surface area contributed by atoms with Gasteiger partial charge in [-0.25, -0.2) is 4.98 Å². The van der Waals surface area contributed by atoms with Crippen molar-refractivity contribution >= 4 is 17.2 Å². The summed E-state index contributed by atoms with van der Waals surface area (Å²) in [5.41, 5.74) is 0.971. The van der Waals surface area contributed by atoms with Crippen molar-refractivity contribution in [3.63, 3.8) is 0 Å². The lowest BCUT2D eigenvalue weighted by Crippen LogP contribution is -2.36. The Morgan fingerprint density at radius 2 is 2.35 bits per heavy atom. The van der Waals surface area contributed by atoms with Gasteiger partial charge in [-0.3, -0.25) is 4.79 Å². The van der Waals surface area contributed by atoms with Crippen LogP contribution in [0.15, 0.2) is 5.38 Å². The minimum atomic E-state index is 0.0136. The van der Waals surface area contributed by atoms with Gasteiger partial charge in [0.25, 0.3) is 0 Å². The molecule has 0 aliphatic heterocycles. The second kappa shape index (κ2) is 6.71. The van der Waals surface area contributed by atoms with Gasteiger partial charge in [0, 0.05) is 24.9 Å². The molecule has 1 rings (SSSR count). The van der Waals surface area contributed by atoms with E-state index in [0.717, 1.165) is 23.8 Å². The molecule has 0 spiro atoms. The smallest absolute Gasteiger partial charge is 0.226 e. The minimum Gasteiger partial charge on any atom is -0.340 e. The summed E-state index contributed by atoms with van der Waals surface area (Å²) < 4.78 is 0. The topological polar surface area (TPSA) is 45.2 Å². The minimum absolute atomic E-state index is 0.0136. The van der Waals surface area contributed by atoms with Gasteiger partial charge in [0.2, 0.25) is 5.91 Å². The summed E-state index contributed by atoms with van der Waals surface area (Å²) in [5, 5.41) is 6.24. The first kappa shape index (κ1) is 14.1. The van der Waals surface area contributed by atoms with E-state index < -0.39 is 0 Å². The molecule has 1 atom stereocenters. The average molecular weight is 255 g/mol. The molecule has 1 aromatic rings. The Kier molecular flexibility index (Phi) is 5.58. The molecule has 96 valence electrons. The fourth-order valence-corrected chi connectivity index (χ4v) is 2.23. The predicted molar refractivity (Wildman–Crippen MR) is 71.0 cm³/mol. The molecule has 1 amide bonds. The first-order valence-corrected chi connectivity index (χ1v) is 6.79. The Hall–Kier alpha value is -0.940. The molecule has 0 aliphatic carbocycles. The van der Waals surface area contributed by atoms with Crippen LogP contribution < -0.4 is 5.32 Å². The summed E-state index contributed by atoms with van der Waals surface area (Å²) in [6, 6.07) is 0. The van der Waals surface area contributed by atoms with Crippen LogP contribution in [0, 0.1) is 12.8 Å². The second-order valence-electron chi connectivity index (χ2n) is 4.26. The average Bonchev–Trinajstić information content (AvgIpc) is 2.70. The maximum atomic E-state index is 12.0. The van der Waals surface area contributed by atoms with E-state index in [1.807, 2.05) is 33.2 Å².